The summed E-state index contributed by atoms with van der Waals surface area (Å²) in [7, 11) is 0. The smallest absolute Gasteiger partial charge is 0.549 e. The molecule has 0 aromatic heterocycles. The molecule has 0 radical (unpaired) electrons. The van der Waals surface area contributed by atoms with Crippen LogP contribution in [0.5, 0.6) is 0 Å². The fraction of sp³-hybridized carbons (Fsp3) is 0.300. The molecule has 1 rings (SSSR count). The van der Waals surface area contributed by atoms with Gasteiger partial charge in [0, 0.05) is 17.6 Å². The van der Waals surface area contributed by atoms with Gasteiger partial charge in [-0.15, -0.1) is 0 Å². The zero-order valence-electron chi connectivity index (χ0n) is 8.49. The zero-order chi connectivity index (χ0) is 9.84. The first-order valence-electron chi connectivity index (χ1n) is 4.22. The number of carbonyl (C=O) groups excluding carboxylic acids is 1. The molecule has 1 atom stereocenters. The third-order valence-corrected chi connectivity index (χ3v) is 2.06. The molecule has 0 saturated carbocycles. The van der Waals surface area contributed by atoms with Gasteiger partial charge in [-0.1, -0.05) is 25.1 Å². The van der Waals surface area contributed by atoms with Crippen molar-refractivity contribution in [2.45, 2.75) is 19.3 Å². The van der Waals surface area contributed by atoms with Crippen molar-refractivity contribution in [3.63, 3.8) is 0 Å². The zero-order valence-corrected chi connectivity index (χ0v) is 10.5. The number of carboxylic acids is 1. The van der Waals surface area contributed by atoms with Crippen LogP contribution in [0, 0.1) is 0 Å². The second kappa shape index (κ2) is 6.06. The Kier molecular flexibility index (Phi) is 5.84. The van der Waals surface area contributed by atoms with Gasteiger partial charge in [-0.2, -0.15) is 0 Å². The van der Waals surface area contributed by atoms with E-state index in [1.165, 1.54) is 0 Å². The number of rotatable bonds is 3. The van der Waals surface area contributed by atoms with Crippen LogP contribution in [0.2, 0.25) is 0 Å². The summed E-state index contributed by atoms with van der Waals surface area (Å²) in [4.78, 5) is 10.7. The number of carbonyl (C=O) groups is 1. The second-order valence-corrected chi connectivity index (χ2v) is 2.91. The first kappa shape index (κ1) is 13.5. The molecule has 4 heteroatoms. The molecule has 0 spiro atoms. The summed E-state index contributed by atoms with van der Waals surface area (Å²) in [6.07, 6.45) is 0.497. The predicted molar refractivity (Wildman–Crippen MR) is 48.9 cm³/mol. The summed E-state index contributed by atoms with van der Waals surface area (Å²) in [5, 5.41) is 10.7. The molecule has 3 nitrogen and oxygen atoms in total. The van der Waals surface area contributed by atoms with E-state index in [2.05, 4.69) is 0 Å². The minimum absolute atomic E-state index is 0. The summed E-state index contributed by atoms with van der Waals surface area (Å²) in [6, 6.07) is 6.97. The Balaban J connectivity index is 0.00000169. The van der Waals surface area contributed by atoms with Crippen molar-refractivity contribution in [2.24, 2.45) is 0 Å². The number of hydrogen-bond donors (Lipinski definition) is 1. The molecule has 0 amide bonds. The number of hydrogen-bond acceptors (Lipinski definition) is 3. The van der Waals surface area contributed by atoms with Gasteiger partial charge in [-0.05, 0) is 18.1 Å². The minimum Gasteiger partial charge on any atom is -0.549 e. The first-order valence-corrected chi connectivity index (χ1v) is 4.22. The minimum atomic E-state index is -1.07. The molecule has 14 heavy (non-hydrogen) atoms. The van der Waals surface area contributed by atoms with Crippen molar-refractivity contribution in [2.75, 3.05) is 5.73 Å². The van der Waals surface area contributed by atoms with E-state index in [9.17, 15) is 9.90 Å². The third-order valence-electron chi connectivity index (χ3n) is 2.06. The predicted octanol–water partition coefficient (Wildman–Crippen LogP) is -2.48. The van der Waals surface area contributed by atoms with E-state index in [-0.39, 0.29) is 29.6 Å². The van der Waals surface area contributed by atoms with Crippen molar-refractivity contribution in [3.05, 3.63) is 29.8 Å². The number of nitrogens with two attached hydrogens (primary N) is 1. The monoisotopic (exact) mass is 201 g/mol. The molecule has 1 unspecified atom stereocenters. The van der Waals surface area contributed by atoms with E-state index < -0.39 is 11.9 Å². The molecule has 0 saturated heterocycles. The molecule has 0 aliphatic carbocycles. The van der Waals surface area contributed by atoms with Gasteiger partial charge in [0.1, 0.15) is 0 Å². The van der Waals surface area contributed by atoms with Crippen LogP contribution in [0.4, 0.5) is 5.69 Å². The van der Waals surface area contributed by atoms with Crippen LogP contribution >= 0.6 is 0 Å². The summed E-state index contributed by atoms with van der Waals surface area (Å²) in [6.45, 7) is 1.80. The number of aliphatic carboxylic acids is 1. The largest absolute Gasteiger partial charge is 1.00 e. The van der Waals surface area contributed by atoms with Crippen molar-refractivity contribution < 1.29 is 39.5 Å². The normalized spacial score (nSPS) is 11.5. The van der Waals surface area contributed by atoms with Gasteiger partial charge in [0.2, 0.25) is 0 Å². The number of carboxylic acid groups (broad SMARTS) is 1. The molecule has 2 N–H and O–H groups in total. The van der Waals surface area contributed by atoms with Crippen LogP contribution in [0.15, 0.2) is 24.3 Å². The molecule has 0 aliphatic rings. The summed E-state index contributed by atoms with van der Waals surface area (Å²) < 4.78 is 0. The van der Waals surface area contributed by atoms with E-state index in [0.29, 0.717) is 17.7 Å². The van der Waals surface area contributed by atoms with E-state index in [1.807, 2.05) is 0 Å². The Morgan fingerprint density at radius 2 is 2.07 bits per heavy atom. The third kappa shape index (κ3) is 3.01. The standard InChI is InChI=1S/C10H13NO2.Na/c1-2-7(10(12)13)8-5-3-4-6-9(8)11;/h3-7H,2,11H2,1H3,(H,12,13);/q;+1/p-1. The summed E-state index contributed by atoms with van der Waals surface area (Å²) in [5.74, 6) is -1.67. The fourth-order valence-corrected chi connectivity index (χ4v) is 1.34. The topological polar surface area (TPSA) is 66.1 Å². The maximum absolute atomic E-state index is 10.7. The van der Waals surface area contributed by atoms with Crippen LogP contribution in [-0.2, 0) is 4.79 Å². The van der Waals surface area contributed by atoms with E-state index in [1.54, 1.807) is 31.2 Å². The van der Waals surface area contributed by atoms with Gasteiger partial charge in [0.15, 0.2) is 0 Å². The van der Waals surface area contributed by atoms with Crippen molar-refractivity contribution in [1.29, 1.82) is 0 Å². The molecule has 1 aromatic rings. The van der Waals surface area contributed by atoms with Gasteiger partial charge >= 0.3 is 29.6 Å². The molecule has 70 valence electrons. The van der Waals surface area contributed by atoms with Gasteiger partial charge in [0.25, 0.3) is 0 Å². The first-order chi connectivity index (χ1) is 6.16. The maximum atomic E-state index is 10.7. The van der Waals surface area contributed by atoms with Crippen molar-refractivity contribution in [1.82, 2.24) is 0 Å². The van der Waals surface area contributed by atoms with E-state index in [0.717, 1.165) is 0 Å². The van der Waals surface area contributed by atoms with Crippen LogP contribution in [0.3, 0.4) is 0 Å². The van der Waals surface area contributed by atoms with Crippen molar-refractivity contribution >= 4 is 11.7 Å². The van der Waals surface area contributed by atoms with E-state index in [4.69, 9.17) is 5.73 Å². The number of anilines is 1. The molecule has 0 aliphatic heterocycles. The second-order valence-electron chi connectivity index (χ2n) is 2.91. The Morgan fingerprint density at radius 3 is 2.50 bits per heavy atom. The molecular weight excluding hydrogens is 189 g/mol. The van der Waals surface area contributed by atoms with Crippen LogP contribution < -0.4 is 40.4 Å². The SMILES string of the molecule is CCC(C(=O)[O-])c1ccccc1N.[Na+]. The molecule has 1 aromatic carbocycles. The van der Waals surface area contributed by atoms with Crippen LogP contribution in [0.1, 0.15) is 24.8 Å². The molecule has 0 fully saturated rings. The number of nitrogen functional groups attached to an aromatic ring is 1. The summed E-state index contributed by atoms with van der Waals surface area (Å²) in [5.41, 5.74) is 6.80. The summed E-state index contributed by atoms with van der Waals surface area (Å²) >= 11 is 0. The molecule has 0 heterocycles. The molecular formula is C10H12NNaO2. The molecule has 0 bridgehead atoms. The fourth-order valence-electron chi connectivity index (χ4n) is 1.34. The van der Waals surface area contributed by atoms with Gasteiger partial charge < -0.3 is 15.6 Å². The van der Waals surface area contributed by atoms with Crippen LogP contribution in [-0.4, -0.2) is 5.97 Å². The van der Waals surface area contributed by atoms with Crippen molar-refractivity contribution in [3.8, 4) is 0 Å². The average molecular weight is 201 g/mol. The Bertz CT molecular complexity index is 315. The quantitative estimate of drug-likeness (QED) is 0.435. The Labute approximate surface area is 106 Å². The average Bonchev–Trinajstić information content (AvgIpc) is 2.09. The van der Waals surface area contributed by atoms with E-state index >= 15 is 0 Å². The Hall–Kier alpha value is -0.510. The van der Waals surface area contributed by atoms with Gasteiger partial charge in [-0.25, -0.2) is 0 Å². The Morgan fingerprint density at radius 1 is 1.50 bits per heavy atom. The number of benzene rings is 1. The number of para-hydroxylation sites is 1. The van der Waals surface area contributed by atoms with Crippen LogP contribution in [0.25, 0.3) is 0 Å². The van der Waals surface area contributed by atoms with Gasteiger partial charge in [0.05, 0.1) is 0 Å². The maximum Gasteiger partial charge on any atom is 1.00 e. The van der Waals surface area contributed by atoms with Gasteiger partial charge in [-0.3, -0.25) is 0 Å².